The number of hydrogen-bond acceptors (Lipinski definition) is 1. The maximum Gasteiger partial charge on any atom is 0.263 e. The third kappa shape index (κ3) is 3.22. The summed E-state index contributed by atoms with van der Waals surface area (Å²) in [6.07, 6.45) is 0. The standard InChI is InChI=1S/C29H17Cl2NO/c30-20-13-9-18(10-14-20)24-17-25-28-23(27(24)19-11-15-21(31)16-12-19)7-4-8-26(28)32(29(25)33)22-5-2-1-3-6-22/h1-17H. The van der Waals surface area contributed by atoms with Gasteiger partial charge in [0.2, 0.25) is 0 Å². The fourth-order valence-electron chi connectivity index (χ4n) is 4.67. The van der Waals surface area contributed by atoms with Gasteiger partial charge in [-0.25, -0.2) is 0 Å². The number of anilines is 2. The first-order valence-electron chi connectivity index (χ1n) is 10.6. The third-order valence-electron chi connectivity index (χ3n) is 6.12. The zero-order valence-electron chi connectivity index (χ0n) is 17.4. The molecule has 0 unspecified atom stereocenters. The van der Waals surface area contributed by atoms with Crippen LogP contribution in [0.5, 0.6) is 0 Å². The molecule has 5 aromatic rings. The first-order chi connectivity index (χ1) is 16.1. The highest BCUT2D eigenvalue weighted by Gasteiger charge is 2.33. The number of amides is 1. The fourth-order valence-corrected chi connectivity index (χ4v) is 4.92. The molecule has 1 heterocycles. The lowest BCUT2D eigenvalue weighted by molar-refractivity contribution is 0.100. The van der Waals surface area contributed by atoms with Crippen molar-refractivity contribution in [2.24, 2.45) is 0 Å². The quantitative estimate of drug-likeness (QED) is 0.260. The lowest BCUT2D eigenvalue weighted by Gasteiger charge is -2.17. The van der Waals surface area contributed by atoms with Crippen LogP contribution >= 0.6 is 23.2 Å². The van der Waals surface area contributed by atoms with E-state index < -0.39 is 0 Å². The molecule has 1 aliphatic heterocycles. The van der Waals surface area contributed by atoms with Crippen molar-refractivity contribution in [1.29, 1.82) is 0 Å². The highest BCUT2D eigenvalue weighted by atomic mass is 35.5. The zero-order chi connectivity index (χ0) is 22.5. The summed E-state index contributed by atoms with van der Waals surface area (Å²) in [6.45, 7) is 0. The van der Waals surface area contributed by atoms with Crippen LogP contribution in [-0.4, -0.2) is 5.91 Å². The smallest absolute Gasteiger partial charge is 0.263 e. The van der Waals surface area contributed by atoms with Crippen LogP contribution < -0.4 is 4.90 Å². The molecule has 1 aliphatic rings. The molecule has 0 bridgehead atoms. The minimum Gasteiger partial charge on any atom is -0.276 e. The number of halogens is 2. The molecule has 0 atom stereocenters. The first kappa shape index (κ1) is 20.0. The molecule has 0 radical (unpaired) electrons. The molecule has 5 aromatic carbocycles. The Hall–Kier alpha value is -3.59. The maximum atomic E-state index is 13.7. The van der Waals surface area contributed by atoms with Crippen LogP contribution in [0.3, 0.4) is 0 Å². The number of benzene rings is 5. The second-order valence-corrected chi connectivity index (χ2v) is 8.91. The van der Waals surface area contributed by atoms with E-state index in [1.54, 1.807) is 4.90 Å². The van der Waals surface area contributed by atoms with Crippen molar-refractivity contribution in [1.82, 2.24) is 0 Å². The Bertz CT molecular complexity index is 1530. The molecule has 6 rings (SSSR count). The summed E-state index contributed by atoms with van der Waals surface area (Å²) >= 11 is 12.4. The van der Waals surface area contributed by atoms with Gasteiger partial charge in [0, 0.05) is 21.1 Å². The molecule has 0 aromatic heterocycles. The molecule has 1 amide bonds. The molecule has 0 spiro atoms. The Morgan fingerprint density at radius 2 is 1.24 bits per heavy atom. The van der Waals surface area contributed by atoms with Gasteiger partial charge in [-0.2, -0.15) is 0 Å². The summed E-state index contributed by atoms with van der Waals surface area (Å²) < 4.78 is 0. The second kappa shape index (κ2) is 7.77. The van der Waals surface area contributed by atoms with Crippen LogP contribution in [0.25, 0.3) is 33.0 Å². The summed E-state index contributed by atoms with van der Waals surface area (Å²) in [6, 6.07) is 33.5. The van der Waals surface area contributed by atoms with Gasteiger partial charge in [0.1, 0.15) is 0 Å². The first-order valence-corrected chi connectivity index (χ1v) is 11.4. The number of rotatable bonds is 3. The number of nitrogens with zero attached hydrogens (tertiary/aromatic N) is 1. The van der Waals surface area contributed by atoms with Gasteiger partial charge in [-0.1, -0.05) is 77.8 Å². The molecule has 0 N–H and O–H groups in total. The minimum atomic E-state index is -0.0229. The van der Waals surface area contributed by atoms with Crippen molar-refractivity contribution in [3.05, 3.63) is 119 Å². The van der Waals surface area contributed by atoms with E-state index in [1.807, 2.05) is 97.1 Å². The molecular weight excluding hydrogens is 449 g/mol. The van der Waals surface area contributed by atoms with Gasteiger partial charge < -0.3 is 0 Å². The SMILES string of the molecule is O=C1c2cc(-c3ccc(Cl)cc3)c(-c3ccc(Cl)cc3)c3cccc(c23)N1c1ccccc1. The maximum absolute atomic E-state index is 13.7. The highest BCUT2D eigenvalue weighted by molar-refractivity contribution is 6.32. The molecule has 158 valence electrons. The van der Waals surface area contributed by atoms with E-state index in [0.29, 0.717) is 15.6 Å². The van der Waals surface area contributed by atoms with Crippen LogP contribution in [0.1, 0.15) is 10.4 Å². The van der Waals surface area contributed by atoms with Crippen LogP contribution in [0, 0.1) is 0 Å². The highest BCUT2D eigenvalue weighted by Crippen LogP contribution is 2.48. The predicted octanol–water partition coefficient (Wildman–Crippen LogP) is 8.77. The second-order valence-electron chi connectivity index (χ2n) is 8.04. The Morgan fingerprint density at radius 3 is 1.91 bits per heavy atom. The Labute approximate surface area is 201 Å². The Kier molecular flexibility index (Phi) is 4.72. The molecule has 4 heteroatoms. The van der Waals surface area contributed by atoms with Crippen molar-refractivity contribution in [2.45, 2.75) is 0 Å². The van der Waals surface area contributed by atoms with E-state index in [2.05, 4.69) is 6.07 Å². The van der Waals surface area contributed by atoms with E-state index in [4.69, 9.17) is 23.2 Å². The molecule has 33 heavy (non-hydrogen) atoms. The van der Waals surface area contributed by atoms with Gasteiger partial charge >= 0.3 is 0 Å². The number of para-hydroxylation sites is 1. The Morgan fingerprint density at radius 1 is 0.606 bits per heavy atom. The minimum absolute atomic E-state index is 0.0229. The van der Waals surface area contributed by atoms with Gasteiger partial charge in [0.25, 0.3) is 5.91 Å². The Balaban J connectivity index is 1.70. The van der Waals surface area contributed by atoms with Crippen molar-refractivity contribution in [3.63, 3.8) is 0 Å². The molecular formula is C29H17Cl2NO. The van der Waals surface area contributed by atoms with Crippen LogP contribution in [0.4, 0.5) is 11.4 Å². The summed E-state index contributed by atoms with van der Waals surface area (Å²) in [7, 11) is 0. The normalized spacial score (nSPS) is 12.5. The molecule has 0 saturated heterocycles. The van der Waals surface area contributed by atoms with Gasteiger partial charge in [-0.3, -0.25) is 9.69 Å². The van der Waals surface area contributed by atoms with E-state index in [1.165, 1.54) is 0 Å². The topological polar surface area (TPSA) is 20.3 Å². The van der Waals surface area contributed by atoms with Gasteiger partial charge in [-0.05, 0) is 76.2 Å². The fraction of sp³-hybridized carbons (Fsp3) is 0. The molecule has 0 aliphatic carbocycles. The molecule has 2 nitrogen and oxygen atoms in total. The van der Waals surface area contributed by atoms with E-state index in [0.717, 1.165) is 44.4 Å². The predicted molar refractivity (Wildman–Crippen MR) is 138 cm³/mol. The van der Waals surface area contributed by atoms with Crippen molar-refractivity contribution >= 4 is 51.3 Å². The van der Waals surface area contributed by atoms with Crippen molar-refractivity contribution in [2.75, 3.05) is 4.90 Å². The monoisotopic (exact) mass is 465 g/mol. The number of carbonyl (C=O) groups is 1. The zero-order valence-corrected chi connectivity index (χ0v) is 18.9. The van der Waals surface area contributed by atoms with Crippen molar-refractivity contribution < 1.29 is 4.79 Å². The average Bonchev–Trinajstić information content (AvgIpc) is 3.13. The lowest BCUT2D eigenvalue weighted by atomic mass is 9.87. The number of carbonyl (C=O) groups excluding carboxylic acids is 1. The summed E-state index contributed by atoms with van der Waals surface area (Å²) in [5.74, 6) is -0.0229. The van der Waals surface area contributed by atoms with Crippen molar-refractivity contribution in [3.8, 4) is 22.3 Å². The largest absolute Gasteiger partial charge is 0.276 e. The summed E-state index contributed by atoms with van der Waals surface area (Å²) in [5.41, 5.74) is 6.54. The average molecular weight is 466 g/mol. The van der Waals surface area contributed by atoms with E-state index >= 15 is 0 Å². The van der Waals surface area contributed by atoms with Gasteiger partial charge in [-0.15, -0.1) is 0 Å². The van der Waals surface area contributed by atoms with E-state index in [-0.39, 0.29) is 5.91 Å². The number of hydrogen-bond donors (Lipinski definition) is 0. The van der Waals surface area contributed by atoms with Crippen LogP contribution in [-0.2, 0) is 0 Å². The third-order valence-corrected chi connectivity index (χ3v) is 6.62. The lowest BCUT2D eigenvalue weighted by Crippen LogP contribution is -2.20. The molecule has 0 saturated carbocycles. The van der Waals surface area contributed by atoms with Gasteiger partial charge in [0.05, 0.1) is 11.3 Å². The van der Waals surface area contributed by atoms with E-state index in [9.17, 15) is 4.79 Å². The van der Waals surface area contributed by atoms with Crippen LogP contribution in [0.15, 0.2) is 103 Å². The summed E-state index contributed by atoms with van der Waals surface area (Å²) in [5, 5.41) is 3.35. The van der Waals surface area contributed by atoms with Crippen LogP contribution in [0.2, 0.25) is 10.0 Å². The van der Waals surface area contributed by atoms with Gasteiger partial charge in [0.15, 0.2) is 0 Å². The summed E-state index contributed by atoms with van der Waals surface area (Å²) in [4.78, 5) is 15.5. The molecule has 0 fully saturated rings.